The maximum atomic E-state index is 14.9. The summed E-state index contributed by atoms with van der Waals surface area (Å²) in [6.45, 7) is 3.74. The van der Waals surface area contributed by atoms with Gasteiger partial charge in [-0.1, -0.05) is 36.4 Å². The Balaban J connectivity index is 1.25. The van der Waals surface area contributed by atoms with E-state index in [0.29, 0.717) is 17.1 Å². The molecule has 2 amide bonds. The Labute approximate surface area is 302 Å². The molecule has 0 fully saturated rings. The van der Waals surface area contributed by atoms with Crippen molar-refractivity contribution in [2.24, 2.45) is 0 Å². The lowest BCUT2D eigenvalue weighted by Gasteiger charge is -2.17. The van der Waals surface area contributed by atoms with Crippen molar-refractivity contribution in [3.8, 4) is 40.3 Å². The lowest BCUT2D eigenvalue weighted by atomic mass is 10.1. The van der Waals surface area contributed by atoms with Crippen molar-refractivity contribution in [1.82, 2.24) is 19.6 Å². The van der Waals surface area contributed by atoms with E-state index in [4.69, 9.17) is 23.4 Å². The molecule has 7 heterocycles. The molecule has 11 nitrogen and oxygen atoms in total. The highest BCUT2D eigenvalue weighted by atomic mass is 32.1. The number of anilines is 1. The van der Waals surface area contributed by atoms with E-state index < -0.39 is 11.8 Å². The van der Waals surface area contributed by atoms with E-state index in [9.17, 15) is 14.9 Å². The second-order valence-electron chi connectivity index (χ2n) is 11.8. The molecule has 0 radical (unpaired) electrons. The number of thiophene rings is 2. The molecular weight excluding hydrogens is 697 g/mol. The Morgan fingerprint density at radius 2 is 1.21 bits per heavy atom. The fourth-order valence-corrected chi connectivity index (χ4v) is 8.43. The minimum atomic E-state index is -0.675. The van der Waals surface area contributed by atoms with Crippen LogP contribution in [0.2, 0.25) is 0 Å². The molecule has 0 aliphatic heterocycles. The third-order valence-corrected chi connectivity index (χ3v) is 10.8. The molecule has 52 heavy (non-hydrogen) atoms. The van der Waals surface area contributed by atoms with E-state index in [-0.39, 0.29) is 38.3 Å². The number of furan rings is 3. The Kier molecular flexibility index (Phi) is 7.35. The summed E-state index contributed by atoms with van der Waals surface area (Å²) in [4.78, 5) is 32.7. The highest BCUT2D eigenvalue weighted by molar-refractivity contribution is 7.21. The maximum absolute atomic E-state index is 14.9. The Bertz CT molecular complexity index is 2680. The van der Waals surface area contributed by atoms with Crippen LogP contribution in [-0.2, 0) is 0 Å². The molecule has 0 saturated carbocycles. The van der Waals surface area contributed by atoms with Gasteiger partial charge in [-0.3, -0.25) is 9.59 Å². The summed E-state index contributed by atoms with van der Waals surface area (Å²) >= 11 is 2.39. The first-order valence-corrected chi connectivity index (χ1v) is 17.7. The summed E-state index contributed by atoms with van der Waals surface area (Å²) in [5, 5.41) is 21.6. The first kappa shape index (κ1) is 31.2. The van der Waals surface area contributed by atoms with Crippen LogP contribution in [0.15, 0.2) is 123 Å². The molecule has 0 unspecified atom stereocenters. The number of amides is 2. The number of hydrogen-bond donors (Lipinski definition) is 0. The van der Waals surface area contributed by atoms with Crippen LogP contribution in [0.5, 0.6) is 0 Å². The number of imide groups is 1. The maximum Gasteiger partial charge on any atom is 0.277 e. The van der Waals surface area contributed by atoms with Crippen molar-refractivity contribution in [1.29, 1.82) is 5.26 Å². The molecule has 2 aromatic carbocycles. The highest BCUT2D eigenvalue weighted by Gasteiger charge is 2.38. The van der Waals surface area contributed by atoms with Crippen LogP contribution < -0.4 is 4.90 Å². The van der Waals surface area contributed by atoms with E-state index in [1.165, 1.54) is 35.2 Å². The molecule has 0 atom stereocenters. The number of hydrogen-bond acceptors (Lipinski definition) is 10. The van der Waals surface area contributed by atoms with E-state index in [2.05, 4.69) is 6.07 Å². The van der Waals surface area contributed by atoms with Crippen LogP contribution in [-0.4, -0.2) is 31.4 Å². The fourth-order valence-electron chi connectivity index (χ4n) is 6.21. The number of carbonyl (C=O) groups is 2. The predicted molar refractivity (Wildman–Crippen MR) is 197 cm³/mol. The summed E-state index contributed by atoms with van der Waals surface area (Å²) in [5.74, 6) is -0.880. The lowest BCUT2D eigenvalue weighted by Crippen LogP contribution is -2.36. The van der Waals surface area contributed by atoms with Gasteiger partial charge in [0, 0.05) is 10.8 Å². The predicted octanol–water partition coefficient (Wildman–Crippen LogP) is 9.58. The van der Waals surface area contributed by atoms with Crippen molar-refractivity contribution in [3.63, 3.8) is 0 Å². The van der Waals surface area contributed by atoms with Gasteiger partial charge in [0.05, 0.1) is 50.6 Å². The van der Waals surface area contributed by atoms with E-state index in [1.807, 2.05) is 74.5 Å². The Morgan fingerprint density at radius 1 is 0.712 bits per heavy atom. The highest BCUT2D eigenvalue weighted by Crippen LogP contribution is 2.45. The quantitative estimate of drug-likeness (QED) is 0.149. The number of rotatable bonds is 7. The van der Waals surface area contributed by atoms with Crippen molar-refractivity contribution in [3.05, 3.63) is 136 Å². The molecule has 0 bridgehead atoms. The van der Waals surface area contributed by atoms with Crippen molar-refractivity contribution in [2.45, 2.75) is 13.8 Å². The summed E-state index contributed by atoms with van der Waals surface area (Å²) in [6, 6.07) is 31.5. The third-order valence-electron chi connectivity index (χ3n) is 8.64. The van der Waals surface area contributed by atoms with E-state index in [1.54, 1.807) is 45.8 Å². The number of carbonyl (C=O) groups excluding carboxylic acids is 2. The molecule has 9 aromatic rings. The van der Waals surface area contributed by atoms with Gasteiger partial charge >= 0.3 is 0 Å². The minimum absolute atomic E-state index is 0.0662. The van der Waals surface area contributed by atoms with Crippen LogP contribution in [0.3, 0.4) is 0 Å². The fraction of sp³-hybridized carbons (Fsp3) is 0.0513. The topological polar surface area (TPSA) is 136 Å². The van der Waals surface area contributed by atoms with Crippen LogP contribution in [0.25, 0.3) is 54.7 Å². The molecule has 13 heteroatoms. The molecule has 7 aromatic heterocycles. The van der Waals surface area contributed by atoms with Gasteiger partial charge in [-0.25, -0.2) is 14.3 Å². The average Bonchev–Trinajstić information content (AvgIpc) is 4.02. The SMILES string of the molecule is Cc1nn(-c2ccccc2)c2sc(C(=O)N(C(=O)c3cc4c(C)nn(-c5ccccc5)c4s3)c3oc(-c4ccco4)c(-c4ccco4)c3C#N)cc12. The zero-order valence-corrected chi connectivity index (χ0v) is 29.1. The normalized spacial score (nSPS) is 11.4. The van der Waals surface area contributed by atoms with Crippen LogP contribution in [0, 0.1) is 25.2 Å². The molecule has 252 valence electrons. The second-order valence-corrected chi connectivity index (χ2v) is 13.9. The number of benzene rings is 2. The van der Waals surface area contributed by atoms with Gasteiger partial charge in [0.2, 0.25) is 5.88 Å². The number of aryl methyl sites for hydroxylation is 2. The van der Waals surface area contributed by atoms with Gasteiger partial charge in [-0.2, -0.15) is 15.5 Å². The standard InChI is InChI=1S/C39H24N6O5S2/c1-22-26-19-31(51-38(26)44(41-22)24-11-5-3-6-12-24)35(46)43(36(47)32-20-27-23(2)42-45(39(27)52-32)25-13-7-4-8-14-25)37-28(21-40)33(29-15-9-17-48-29)34(50-37)30-16-10-18-49-30/h3-20H,1-2H3. The smallest absolute Gasteiger partial charge is 0.277 e. The minimum Gasteiger partial charge on any atom is -0.464 e. The molecule has 0 aliphatic rings. The van der Waals surface area contributed by atoms with Gasteiger partial charge in [0.25, 0.3) is 11.8 Å². The monoisotopic (exact) mass is 720 g/mol. The summed E-state index contributed by atoms with van der Waals surface area (Å²) in [7, 11) is 0. The number of nitrogens with zero attached hydrogens (tertiary/aromatic N) is 6. The lowest BCUT2D eigenvalue weighted by molar-refractivity contribution is 0.0896. The summed E-state index contributed by atoms with van der Waals surface area (Å²) in [6.07, 6.45) is 2.93. The zero-order valence-electron chi connectivity index (χ0n) is 27.4. The number of aromatic nitrogens is 4. The van der Waals surface area contributed by atoms with E-state index >= 15 is 0 Å². The van der Waals surface area contributed by atoms with Gasteiger partial charge in [-0.15, -0.1) is 22.7 Å². The van der Waals surface area contributed by atoms with Crippen LogP contribution >= 0.6 is 22.7 Å². The van der Waals surface area contributed by atoms with Crippen molar-refractivity contribution >= 4 is 60.8 Å². The van der Waals surface area contributed by atoms with Crippen molar-refractivity contribution in [2.75, 3.05) is 4.90 Å². The molecule has 0 spiro atoms. The first-order valence-electron chi connectivity index (χ1n) is 16.0. The molecular formula is C39H24N6O5S2. The van der Waals surface area contributed by atoms with Gasteiger partial charge in [-0.05, 0) is 74.5 Å². The number of nitriles is 1. The Morgan fingerprint density at radius 3 is 1.67 bits per heavy atom. The number of para-hydroxylation sites is 2. The first-order chi connectivity index (χ1) is 25.4. The average molecular weight is 721 g/mol. The molecule has 9 rings (SSSR count). The Hall–Kier alpha value is -6.75. The third kappa shape index (κ3) is 4.92. The summed E-state index contributed by atoms with van der Waals surface area (Å²) in [5.41, 5.74) is 3.27. The largest absolute Gasteiger partial charge is 0.464 e. The summed E-state index contributed by atoms with van der Waals surface area (Å²) < 4.78 is 21.3. The van der Waals surface area contributed by atoms with Crippen LogP contribution in [0.4, 0.5) is 5.88 Å². The molecule has 0 N–H and O–H groups in total. The van der Waals surface area contributed by atoms with Gasteiger partial charge in [0.1, 0.15) is 27.1 Å². The van der Waals surface area contributed by atoms with Gasteiger partial charge in [0.15, 0.2) is 11.5 Å². The van der Waals surface area contributed by atoms with Crippen molar-refractivity contribution < 1.29 is 22.8 Å². The van der Waals surface area contributed by atoms with Gasteiger partial charge < -0.3 is 13.3 Å². The van der Waals surface area contributed by atoms with E-state index in [0.717, 1.165) is 36.7 Å². The zero-order chi connectivity index (χ0) is 35.5. The molecule has 0 aliphatic carbocycles. The number of fused-ring (bicyclic) bond motifs is 2. The van der Waals surface area contributed by atoms with Crippen LogP contribution in [0.1, 0.15) is 36.3 Å². The molecule has 0 saturated heterocycles. The second kappa shape index (κ2) is 12.2.